The lowest BCUT2D eigenvalue weighted by Gasteiger charge is -2.28. The molecule has 1 amide bonds. The van der Waals surface area contributed by atoms with E-state index in [2.05, 4.69) is 5.32 Å². The number of halogens is 2. The lowest BCUT2D eigenvalue weighted by molar-refractivity contribution is -0.121. The van der Waals surface area contributed by atoms with Gasteiger partial charge in [-0.15, -0.1) is 0 Å². The van der Waals surface area contributed by atoms with Gasteiger partial charge in [-0.25, -0.2) is 22.3 Å². The Hall–Kier alpha value is -2.32. The summed E-state index contributed by atoms with van der Waals surface area (Å²) in [4.78, 5) is 13.1. The molecule has 0 radical (unpaired) electrons. The number of sulfonamides is 1. The SMILES string of the molecule is NS(=O)(=O)Cc1cccc(NC(=O)C2(c3cc(F)cc(F)c3)CCCC2)c1. The fourth-order valence-electron chi connectivity index (χ4n) is 3.68. The molecule has 2 aromatic carbocycles. The predicted molar refractivity (Wildman–Crippen MR) is 98.4 cm³/mol. The van der Waals surface area contributed by atoms with Gasteiger partial charge in [0.05, 0.1) is 11.2 Å². The quantitative estimate of drug-likeness (QED) is 0.816. The molecule has 144 valence electrons. The first kappa shape index (κ1) is 19.4. The summed E-state index contributed by atoms with van der Waals surface area (Å²) >= 11 is 0. The molecule has 0 aliphatic heterocycles. The number of carbonyl (C=O) groups is 1. The number of nitrogens with one attached hydrogen (secondary N) is 1. The third-order valence-corrected chi connectivity index (χ3v) is 5.60. The molecule has 1 saturated carbocycles. The Labute approximate surface area is 156 Å². The van der Waals surface area contributed by atoms with E-state index in [9.17, 15) is 22.0 Å². The van der Waals surface area contributed by atoms with Crippen LogP contribution in [0.2, 0.25) is 0 Å². The zero-order valence-electron chi connectivity index (χ0n) is 14.5. The third kappa shape index (κ3) is 4.51. The highest BCUT2D eigenvalue weighted by molar-refractivity contribution is 7.88. The second-order valence-electron chi connectivity index (χ2n) is 6.91. The molecule has 0 atom stereocenters. The molecule has 0 bridgehead atoms. The van der Waals surface area contributed by atoms with E-state index in [1.807, 2.05) is 0 Å². The van der Waals surface area contributed by atoms with E-state index in [1.54, 1.807) is 18.2 Å². The molecule has 0 unspecified atom stereocenters. The number of anilines is 1. The number of carbonyl (C=O) groups excluding carboxylic acids is 1. The van der Waals surface area contributed by atoms with Crippen LogP contribution >= 0.6 is 0 Å². The average molecular weight is 394 g/mol. The number of amides is 1. The Bertz CT molecular complexity index is 950. The van der Waals surface area contributed by atoms with Crippen molar-refractivity contribution in [1.29, 1.82) is 0 Å². The largest absolute Gasteiger partial charge is 0.325 e. The van der Waals surface area contributed by atoms with Gasteiger partial charge in [0.2, 0.25) is 15.9 Å². The fraction of sp³-hybridized carbons (Fsp3) is 0.316. The Morgan fingerprint density at radius 2 is 1.70 bits per heavy atom. The minimum absolute atomic E-state index is 0.315. The van der Waals surface area contributed by atoms with Crippen molar-refractivity contribution < 1.29 is 22.0 Å². The molecule has 0 aromatic heterocycles. The third-order valence-electron chi connectivity index (χ3n) is 4.86. The van der Waals surface area contributed by atoms with Crippen molar-refractivity contribution in [3.8, 4) is 0 Å². The molecule has 0 heterocycles. The van der Waals surface area contributed by atoms with Crippen LogP contribution in [0.25, 0.3) is 0 Å². The zero-order chi connectivity index (χ0) is 19.7. The summed E-state index contributed by atoms with van der Waals surface area (Å²) < 4.78 is 49.9. The van der Waals surface area contributed by atoms with Crippen LogP contribution in [0, 0.1) is 11.6 Å². The van der Waals surface area contributed by atoms with Crippen LogP contribution < -0.4 is 10.5 Å². The topological polar surface area (TPSA) is 89.3 Å². The fourth-order valence-corrected chi connectivity index (χ4v) is 4.32. The maximum atomic E-state index is 13.7. The molecule has 3 N–H and O–H groups in total. The highest BCUT2D eigenvalue weighted by Crippen LogP contribution is 2.42. The van der Waals surface area contributed by atoms with E-state index in [0.29, 0.717) is 29.7 Å². The Balaban J connectivity index is 1.90. The summed E-state index contributed by atoms with van der Waals surface area (Å²) in [5.74, 6) is -2.16. The lowest BCUT2D eigenvalue weighted by Crippen LogP contribution is -2.38. The van der Waals surface area contributed by atoms with Crippen molar-refractivity contribution in [2.45, 2.75) is 36.9 Å². The maximum absolute atomic E-state index is 13.7. The van der Waals surface area contributed by atoms with E-state index < -0.39 is 27.1 Å². The predicted octanol–water partition coefficient (Wildman–Crippen LogP) is 3.20. The molecule has 27 heavy (non-hydrogen) atoms. The van der Waals surface area contributed by atoms with Crippen molar-refractivity contribution in [2.24, 2.45) is 5.14 Å². The molecular weight excluding hydrogens is 374 g/mol. The van der Waals surface area contributed by atoms with Crippen LogP contribution in [0.4, 0.5) is 14.5 Å². The van der Waals surface area contributed by atoms with Crippen LogP contribution in [0.1, 0.15) is 36.8 Å². The van der Waals surface area contributed by atoms with Gasteiger partial charge < -0.3 is 5.32 Å². The summed E-state index contributed by atoms with van der Waals surface area (Å²) in [6, 6.07) is 9.53. The summed E-state index contributed by atoms with van der Waals surface area (Å²) in [7, 11) is -3.70. The monoisotopic (exact) mass is 394 g/mol. The summed E-state index contributed by atoms with van der Waals surface area (Å²) in [6.07, 6.45) is 2.52. The molecule has 1 fully saturated rings. The number of primary sulfonamides is 1. The van der Waals surface area contributed by atoms with Gasteiger partial charge in [-0.05, 0) is 48.2 Å². The Morgan fingerprint density at radius 3 is 2.30 bits per heavy atom. The molecule has 0 saturated heterocycles. The first-order valence-corrected chi connectivity index (χ1v) is 10.3. The van der Waals surface area contributed by atoms with E-state index >= 15 is 0 Å². The van der Waals surface area contributed by atoms with Gasteiger partial charge in [-0.2, -0.15) is 0 Å². The van der Waals surface area contributed by atoms with Gasteiger partial charge in [0.15, 0.2) is 0 Å². The Kier molecular flexibility index (Phi) is 5.30. The molecular formula is C19H20F2N2O3S. The maximum Gasteiger partial charge on any atom is 0.235 e. The second-order valence-corrected chi connectivity index (χ2v) is 8.52. The van der Waals surface area contributed by atoms with Gasteiger partial charge in [-0.1, -0.05) is 25.0 Å². The molecule has 1 aliphatic rings. The van der Waals surface area contributed by atoms with Crippen LogP contribution in [0.15, 0.2) is 42.5 Å². The Morgan fingerprint density at radius 1 is 1.07 bits per heavy atom. The van der Waals surface area contributed by atoms with Crippen molar-refractivity contribution >= 4 is 21.6 Å². The van der Waals surface area contributed by atoms with Gasteiger partial charge in [0.1, 0.15) is 11.6 Å². The van der Waals surface area contributed by atoms with Crippen molar-refractivity contribution in [3.05, 3.63) is 65.2 Å². The summed E-state index contributed by atoms with van der Waals surface area (Å²) in [6.45, 7) is 0. The molecule has 2 aromatic rings. The van der Waals surface area contributed by atoms with Gasteiger partial charge >= 0.3 is 0 Å². The zero-order valence-corrected chi connectivity index (χ0v) is 15.4. The van der Waals surface area contributed by atoms with Gasteiger partial charge in [0.25, 0.3) is 0 Å². The van der Waals surface area contributed by atoms with Crippen LogP contribution in [-0.2, 0) is 26.0 Å². The van der Waals surface area contributed by atoms with E-state index in [1.165, 1.54) is 18.2 Å². The summed E-state index contributed by atoms with van der Waals surface area (Å²) in [5, 5.41) is 7.83. The number of rotatable bonds is 5. The molecule has 8 heteroatoms. The highest BCUT2D eigenvalue weighted by Gasteiger charge is 2.43. The van der Waals surface area contributed by atoms with Crippen LogP contribution in [0.5, 0.6) is 0 Å². The first-order valence-electron chi connectivity index (χ1n) is 8.55. The molecule has 3 rings (SSSR count). The van der Waals surface area contributed by atoms with Gasteiger partial charge in [-0.3, -0.25) is 4.79 Å². The van der Waals surface area contributed by atoms with Crippen molar-refractivity contribution in [3.63, 3.8) is 0 Å². The average Bonchev–Trinajstić information content (AvgIpc) is 3.03. The summed E-state index contributed by atoms with van der Waals surface area (Å²) in [5.41, 5.74) is 0.145. The van der Waals surface area contributed by atoms with Crippen LogP contribution in [0.3, 0.4) is 0 Å². The number of benzene rings is 2. The number of hydrogen-bond acceptors (Lipinski definition) is 3. The van der Waals surface area contributed by atoms with E-state index in [-0.39, 0.29) is 11.7 Å². The minimum atomic E-state index is -3.70. The number of nitrogens with two attached hydrogens (primary N) is 1. The van der Waals surface area contributed by atoms with E-state index in [4.69, 9.17) is 5.14 Å². The molecule has 1 aliphatic carbocycles. The minimum Gasteiger partial charge on any atom is -0.325 e. The lowest BCUT2D eigenvalue weighted by atomic mass is 9.77. The molecule has 0 spiro atoms. The van der Waals surface area contributed by atoms with Crippen molar-refractivity contribution in [1.82, 2.24) is 0 Å². The standard InChI is InChI=1S/C19H20F2N2O3S/c20-15-9-14(10-16(21)11-15)19(6-1-2-7-19)18(24)23-17-5-3-4-13(8-17)12-27(22,25)26/h3-5,8-11H,1-2,6-7,12H2,(H,23,24)(H2,22,25,26). The highest BCUT2D eigenvalue weighted by atomic mass is 32.2. The van der Waals surface area contributed by atoms with Crippen LogP contribution in [-0.4, -0.2) is 14.3 Å². The van der Waals surface area contributed by atoms with Gasteiger partial charge in [0, 0.05) is 11.8 Å². The first-order chi connectivity index (χ1) is 12.7. The van der Waals surface area contributed by atoms with E-state index in [0.717, 1.165) is 18.9 Å². The second kappa shape index (κ2) is 7.36. The number of hydrogen-bond donors (Lipinski definition) is 2. The molecule has 5 nitrogen and oxygen atoms in total. The smallest absolute Gasteiger partial charge is 0.235 e. The van der Waals surface area contributed by atoms with Crippen molar-refractivity contribution in [2.75, 3.05) is 5.32 Å². The normalized spacial score (nSPS) is 16.3.